The first-order valence-corrected chi connectivity index (χ1v) is 7.84. The molecule has 0 bridgehead atoms. The predicted molar refractivity (Wildman–Crippen MR) is 91.3 cm³/mol. The molecule has 3 nitrogen and oxygen atoms in total. The summed E-state index contributed by atoms with van der Waals surface area (Å²) in [5.74, 6) is 0.0257. The third-order valence-corrected chi connectivity index (χ3v) is 4.08. The van der Waals surface area contributed by atoms with Gasteiger partial charge in [0.25, 0.3) is 0 Å². The fourth-order valence-corrected chi connectivity index (χ4v) is 2.49. The van der Waals surface area contributed by atoms with E-state index in [1.54, 1.807) is 0 Å². The Kier molecular flexibility index (Phi) is 5.99. The highest BCUT2D eigenvalue weighted by atomic mass is 35.5. The van der Waals surface area contributed by atoms with Gasteiger partial charge in [-0.2, -0.15) is 0 Å². The Bertz CT molecular complexity index is 628. The molecular weight excluding hydrogens is 296 g/mol. The van der Waals surface area contributed by atoms with Gasteiger partial charge in [-0.1, -0.05) is 48.0 Å². The fourth-order valence-electron chi connectivity index (χ4n) is 2.32. The molecule has 0 saturated heterocycles. The maximum atomic E-state index is 12.1. The van der Waals surface area contributed by atoms with Gasteiger partial charge in [0.2, 0.25) is 5.91 Å². The number of carbonyl (C=O) groups is 1. The molecule has 0 radical (unpaired) electrons. The number of carbonyl (C=O) groups excluding carboxylic acids is 1. The first kappa shape index (κ1) is 16.5. The minimum Gasteiger partial charge on any atom is -0.333 e. The summed E-state index contributed by atoms with van der Waals surface area (Å²) in [7, 11) is 2.10. The van der Waals surface area contributed by atoms with Gasteiger partial charge in [-0.25, -0.2) is 0 Å². The maximum Gasteiger partial charge on any atom is 0.230 e. The fraction of sp³-hybridized carbons (Fsp3) is 0.278. The number of hydrogen-bond donors (Lipinski definition) is 2. The normalized spacial score (nSPS) is 12.0. The van der Waals surface area contributed by atoms with Gasteiger partial charge in [0.15, 0.2) is 0 Å². The molecule has 1 atom stereocenters. The molecule has 0 aliphatic heterocycles. The lowest BCUT2D eigenvalue weighted by atomic mass is 10.2. The second-order valence-corrected chi connectivity index (χ2v) is 5.99. The van der Waals surface area contributed by atoms with Crippen LogP contribution in [0.2, 0.25) is 5.02 Å². The summed E-state index contributed by atoms with van der Waals surface area (Å²) in [5.41, 5.74) is 2.98. The van der Waals surface area contributed by atoms with Crippen molar-refractivity contribution in [3.05, 3.63) is 64.7 Å². The van der Waals surface area contributed by atoms with Gasteiger partial charge in [-0.3, -0.25) is 4.79 Å². The zero-order chi connectivity index (χ0) is 15.9. The molecule has 0 saturated carbocycles. The van der Waals surface area contributed by atoms with E-state index in [0.29, 0.717) is 11.4 Å². The van der Waals surface area contributed by atoms with Crippen LogP contribution in [0.4, 0.5) is 5.69 Å². The lowest BCUT2D eigenvalue weighted by molar-refractivity contribution is -0.893. The highest BCUT2D eigenvalue weighted by molar-refractivity contribution is 6.31. The summed E-state index contributed by atoms with van der Waals surface area (Å²) in [4.78, 5) is 13.4. The highest BCUT2D eigenvalue weighted by Gasteiger charge is 2.10. The van der Waals surface area contributed by atoms with Crippen LogP contribution >= 0.6 is 11.6 Å². The van der Waals surface area contributed by atoms with Crippen molar-refractivity contribution in [2.24, 2.45) is 0 Å². The molecule has 0 aliphatic carbocycles. The van der Waals surface area contributed by atoms with Crippen molar-refractivity contribution in [2.75, 3.05) is 18.9 Å². The molecular formula is C18H22ClN2O+. The Morgan fingerprint density at radius 1 is 1.14 bits per heavy atom. The molecule has 0 heterocycles. The number of amides is 1. The van der Waals surface area contributed by atoms with Crippen LogP contribution in [0.15, 0.2) is 48.5 Å². The Morgan fingerprint density at radius 2 is 1.86 bits per heavy atom. The van der Waals surface area contributed by atoms with Crippen molar-refractivity contribution >= 4 is 23.2 Å². The smallest absolute Gasteiger partial charge is 0.230 e. The second-order valence-electron chi connectivity index (χ2n) is 5.58. The van der Waals surface area contributed by atoms with Crippen LogP contribution in [0.25, 0.3) is 0 Å². The van der Waals surface area contributed by atoms with Gasteiger partial charge in [-0.15, -0.1) is 0 Å². The molecule has 116 valence electrons. The molecule has 2 rings (SSSR count). The molecule has 0 spiro atoms. The van der Waals surface area contributed by atoms with Gasteiger partial charge >= 0.3 is 0 Å². The molecule has 0 fully saturated rings. The van der Waals surface area contributed by atoms with Crippen LogP contribution in [0.5, 0.6) is 0 Å². The molecule has 1 amide bonds. The average Bonchev–Trinajstić information content (AvgIpc) is 2.51. The topological polar surface area (TPSA) is 33.5 Å². The van der Waals surface area contributed by atoms with E-state index in [4.69, 9.17) is 11.6 Å². The van der Waals surface area contributed by atoms with E-state index < -0.39 is 0 Å². The van der Waals surface area contributed by atoms with Crippen molar-refractivity contribution in [1.29, 1.82) is 0 Å². The van der Waals surface area contributed by atoms with Crippen molar-refractivity contribution in [1.82, 2.24) is 0 Å². The van der Waals surface area contributed by atoms with Crippen molar-refractivity contribution in [2.45, 2.75) is 19.9 Å². The van der Waals surface area contributed by atoms with Crippen molar-refractivity contribution < 1.29 is 9.69 Å². The highest BCUT2D eigenvalue weighted by Crippen LogP contribution is 2.22. The summed E-state index contributed by atoms with van der Waals surface area (Å²) in [6.07, 6.45) is 0.491. The van der Waals surface area contributed by atoms with E-state index in [1.807, 2.05) is 43.3 Å². The zero-order valence-electron chi connectivity index (χ0n) is 13.0. The number of quaternary nitrogens is 1. The Morgan fingerprint density at radius 3 is 2.59 bits per heavy atom. The predicted octanol–water partition coefficient (Wildman–Crippen LogP) is 2.69. The number of benzene rings is 2. The van der Waals surface area contributed by atoms with E-state index in [9.17, 15) is 4.79 Å². The third-order valence-electron chi connectivity index (χ3n) is 3.67. The largest absolute Gasteiger partial charge is 0.333 e. The third kappa shape index (κ3) is 4.86. The Hall–Kier alpha value is -1.84. The summed E-state index contributed by atoms with van der Waals surface area (Å²) in [6.45, 7) is 3.62. The Labute approximate surface area is 136 Å². The number of anilines is 1. The van der Waals surface area contributed by atoms with Gasteiger partial charge < -0.3 is 10.2 Å². The minimum atomic E-state index is 0.0257. The van der Waals surface area contributed by atoms with E-state index in [2.05, 4.69) is 24.5 Å². The first-order valence-electron chi connectivity index (χ1n) is 7.46. The monoisotopic (exact) mass is 317 g/mol. The summed E-state index contributed by atoms with van der Waals surface area (Å²) < 4.78 is 0. The van der Waals surface area contributed by atoms with Gasteiger partial charge in [0.1, 0.15) is 6.54 Å². The lowest BCUT2D eigenvalue weighted by Gasteiger charge is -2.14. The molecule has 2 N–H and O–H groups in total. The maximum absolute atomic E-state index is 12.1. The molecule has 0 aromatic heterocycles. The molecule has 2 aromatic rings. The van der Waals surface area contributed by atoms with Crippen LogP contribution in [0.1, 0.15) is 17.5 Å². The minimum absolute atomic E-state index is 0.0257. The van der Waals surface area contributed by atoms with E-state index in [0.717, 1.165) is 24.3 Å². The molecule has 22 heavy (non-hydrogen) atoms. The first-order chi connectivity index (χ1) is 10.6. The number of rotatable bonds is 6. The van der Waals surface area contributed by atoms with Crippen LogP contribution in [0, 0.1) is 6.92 Å². The van der Waals surface area contributed by atoms with Gasteiger partial charge in [0.05, 0.1) is 20.0 Å². The van der Waals surface area contributed by atoms with Crippen LogP contribution < -0.4 is 10.2 Å². The standard InChI is InChI=1S/C18H21ClN2O/c1-14-16(19)9-6-10-17(14)20-18(22)11-12-21(2)13-15-7-4-3-5-8-15/h3-10H,11-13H2,1-2H3,(H,20,22)/p+1. The van der Waals surface area contributed by atoms with Crippen LogP contribution in [0.3, 0.4) is 0 Å². The zero-order valence-corrected chi connectivity index (χ0v) is 13.8. The van der Waals surface area contributed by atoms with Crippen molar-refractivity contribution in [3.63, 3.8) is 0 Å². The second kappa shape index (κ2) is 7.97. The SMILES string of the molecule is Cc1c(Cl)cccc1NC(=O)CC[NH+](C)Cc1ccccc1. The lowest BCUT2D eigenvalue weighted by Crippen LogP contribution is -3.07. The average molecular weight is 318 g/mol. The number of halogens is 1. The van der Waals surface area contributed by atoms with E-state index in [1.165, 1.54) is 10.5 Å². The van der Waals surface area contributed by atoms with Crippen LogP contribution in [-0.2, 0) is 11.3 Å². The summed E-state index contributed by atoms with van der Waals surface area (Å²) >= 11 is 6.06. The van der Waals surface area contributed by atoms with E-state index >= 15 is 0 Å². The quantitative estimate of drug-likeness (QED) is 0.844. The van der Waals surface area contributed by atoms with E-state index in [-0.39, 0.29) is 5.91 Å². The molecule has 0 aliphatic rings. The van der Waals surface area contributed by atoms with Crippen LogP contribution in [-0.4, -0.2) is 19.5 Å². The molecule has 1 unspecified atom stereocenters. The number of hydrogen-bond acceptors (Lipinski definition) is 1. The Balaban J connectivity index is 1.81. The summed E-state index contributed by atoms with van der Waals surface area (Å²) in [6, 6.07) is 15.9. The van der Waals surface area contributed by atoms with Gasteiger partial charge in [0, 0.05) is 16.3 Å². The summed E-state index contributed by atoms with van der Waals surface area (Å²) in [5, 5.41) is 3.60. The number of nitrogens with one attached hydrogen (secondary N) is 2. The molecule has 2 aromatic carbocycles. The van der Waals surface area contributed by atoms with Gasteiger partial charge in [-0.05, 0) is 24.6 Å². The van der Waals surface area contributed by atoms with Crippen molar-refractivity contribution in [3.8, 4) is 0 Å². The molecule has 4 heteroatoms.